The average Bonchev–Trinajstić information content (AvgIpc) is 2.59. The van der Waals surface area contributed by atoms with Gasteiger partial charge in [0.05, 0.1) is 18.5 Å². The lowest BCUT2D eigenvalue weighted by atomic mass is 9.86. The summed E-state index contributed by atoms with van der Waals surface area (Å²) in [5.74, 6) is 0.600. The molecule has 6 nitrogen and oxygen atoms in total. The fourth-order valence-corrected chi connectivity index (χ4v) is 5.07. The van der Waals surface area contributed by atoms with Gasteiger partial charge in [0.2, 0.25) is 10.0 Å². The Bertz CT molecular complexity index is 690. The third-order valence-electron chi connectivity index (χ3n) is 5.47. The highest BCUT2D eigenvalue weighted by Crippen LogP contribution is 2.26. The molecule has 1 saturated heterocycles. The highest BCUT2D eigenvalue weighted by molar-refractivity contribution is 7.88. The Kier molecular flexibility index (Phi) is 6.65. The van der Waals surface area contributed by atoms with E-state index in [2.05, 4.69) is 53.1 Å². The second-order valence-electron chi connectivity index (χ2n) is 8.20. The van der Waals surface area contributed by atoms with E-state index < -0.39 is 10.0 Å². The first-order valence-corrected chi connectivity index (χ1v) is 11.9. The van der Waals surface area contributed by atoms with Crippen LogP contribution in [0, 0.1) is 5.92 Å². The van der Waals surface area contributed by atoms with Crippen LogP contribution in [0.2, 0.25) is 0 Å². The summed E-state index contributed by atoms with van der Waals surface area (Å²) in [7, 11) is -3.09. The van der Waals surface area contributed by atoms with Gasteiger partial charge >= 0.3 is 0 Å². The lowest BCUT2D eigenvalue weighted by Crippen LogP contribution is -2.45. The van der Waals surface area contributed by atoms with E-state index >= 15 is 0 Å². The zero-order valence-corrected chi connectivity index (χ0v) is 17.5. The third kappa shape index (κ3) is 6.36. The Morgan fingerprint density at radius 1 is 1.04 bits per heavy atom. The number of sulfonamides is 1. The van der Waals surface area contributed by atoms with Crippen LogP contribution in [0.25, 0.3) is 0 Å². The van der Waals surface area contributed by atoms with Gasteiger partial charge in [0.25, 0.3) is 0 Å². The van der Waals surface area contributed by atoms with Gasteiger partial charge in [0.1, 0.15) is 0 Å². The molecule has 0 spiro atoms. The van der Waals surface area contributed by atoms with Gasteiger partial charge in [0.15, 0.2) is 0 Å². The number of anilines is 2. The van der Waals surface area contributed by atoms with Crippen molar-refractivity contribution in [2.75, 3.05) is 36.1 Å². The summed E-state index contributed by atoms with van der Waals surface area (Å²) in [6.07, 6.45) is 5.72. The van der Waals surface area contributed by atoms with Crippen molar-refractivity contribution in [2.24, 2.45) is 5.92 Å². The zero-order chi connectivity index (χ0) is 19.4. The normalized spacial score (nSPS) is 29.5. The third-order valence-corrected chi connectivity index (χ3v) is 6.24. The van der Waals surface area contributed by atoms with Crippen molar-refractivity contribution < 1.29 is 13.2 Å². The van der Waals surface area contributed by atoms with E-state index in [1.54, 1.807) is 0 Å². The van der Waals surface area contributed by atoms with Gasteiger partial charge in [-0.3, -0.25) is 0 Å². The molecule has 2 aliphatic rings. The molecular formula is C20H33N3O3S. The number of hydrogen-bond acceptors (Lipinski definition) is 5. The van der Waals surface area contributed by atoms with E-state index in [-0.39, 0.29) is 18.2 Å². The van der Waals surface area contributed by atoms with Crippen molar-refractivity contribution in [3.8, 4) is 0 Å². The standard InChI is InChI=1S/C20H33N3O3S/c1-15-13-23(14-16(2)26-15)20-10-8-18(9-11-20)21-12-17-4-6-19(7-5-17)22-27(3,24)25/h8-11,15-17,19,21-22H,4-7,12-14H2,1-3H3. The van der Waals surface area contributed by atoms with E-state index in [0.29, 0.717) is 5.92 Å². The Hall–Kier alpha value is -1.31. The number of benzene rings is 1. The molecule has 1 aliphatic carbocycles. The van der Waals surface area contributed by atoms with Crippen LogP contribution in [0.15, 0.2) is 24.3 Å². The Morgan fingerprint density at radius 2 is 1.63 bits per heavy atom. The minimum absolute atomic E-state index is 0.105. The Labute approximate surface area is 163 Å². The molecule has 0 radical (unpaired) electrons. The van der Waals surface area contributed by atoms with Crippen molar-refractivity contribution in [1.29, 1.82) is 0 Å². The number of rotatable bonds is 6. The van der Waals surface area contributed by atoms with Crippen LogP contribution >= 0.6 is 0 Å². The molecule has 7 heteroatoms. The Morgan fingerprint density at radius 3 is 2.19 bits per heavy atom. The smallest absolute Gasteiger partial charge is 0.208 e. The van der Waals surface area contributed by atoms with E-state index in [0.717, 1.165) is 51.0 Å². The van der Waals surface area contributed by atoms with E-state index in [4.69, 9.17) is 4.74 Å². The molecule has 1 aromatic carbocycles. The molecule has 1 heterocycles. The fourth-order valence-electron chi connectivity index (χ4n) is 4.23. The first-order chi connectivity index (χ1) is 12.8. The Balaban J connectivity index is 1.44. The molecule has 2 unspecified atom stereocenters. The molecule has 0 amide bonds. The monoisotopic (exact) mass is 395 g/mol. The van der Waals surface area contributed by atoms with Crippen molar-refractivity contribution >= 4 is 21.4 Å². The van der Waals surface area contributed by atoms with Gasteiger partial charge in [-0.2, -0.15) is 0 Å². The maximum Gasteiger partial charge on any atom is 0.208 e. The molecular weight excluding hydrogens is 362 g/mol. The van der Waals surface area contributed by atoms with E-state index in [1.807, 2.05) is 0 Å². The topological polar surface area (TPSA) is 70.7 Å². The van der Waals surface area contributed by atoms with Gasteiger partial charge in [-0.25, -0.2) is 13.1 Å². The summed E-state index contributed by atoms with van der Waals surface area (Å²) < 4.78 is 31.2. The lowest BCUT2D eigenvalue weighted by Gasteiger charge is -2.37. The average molecular weight is 396 g/mol. The summed E-state index contributed by atoms with van der Waals surface area (Å²) in [4.78, 5) is 2.39. The van der Waals surface area contributed by atoms with Crippen LogP contribution in [0.3, 0.4) is 0 Å². The molecule has 1 aliphatic heterocycles. The van der Waals surface area contributed by atoms with Gasteiger partial charge in [-0.1, -0.05) is 0 Å². The maximum atomic E-state index is 11.3. The van der Waals surface area contributed by atoms with E-state index in [1.165, 1.54) is 11.9 Å². The zero-order valence-electron chi connectivity index (χ0n) is 16.6. The summed E-state index contributed by atoms with van der Waals surface area (Å²) in [6.45, 7) is 7.05. The molecule has 0 aromatic heterocycles. The number of ether oxygens (including phenoxy) is 1. The minimum Gasteiger partial charge on any atom is -0.385 e. The van der Waals surface area contributed by atoms with Crippen molar-refractivity contribution in [3.63, 3.8) is 0 Å². The molecule has 2 atom stereocenters. The summed E-state index contributed by atoms with van der Waals surface area (Å²) >= 11 is 0. The minimum atomic E-state index is -3.09. The predicted octanol–water partition coefficient (Wildman–Crippen LogP) is 2.82. The molecule has 2 fully saturated rings. The van der Waals surface area contributed by atoms with Gasteiger partial charge in [0, 0.05) is 37.1 Å². The van der Waals surface area contributed by atoms with Crippen LogP contribution in [-0.2, 0) is 14.8 Å². The summed E-state index contributed by atoms with van der Waals surface area (Å²) in [6, 6.07) is 8.77. The second kappa shape index (κ2) is 8.80. The molecule has 2 N–H and O–H groups in total. The highest BCUT2D eigenvalue weighted by Gasteiger charge is 2.24. The summed E-state index contributed by atoms with van der Waals surface area (Å²) in [5, 5.41) is 3.54. The molecule has 1 saturated carbocycles. The molecule has 27 heavy (non-hydrogen) atoms. The van der Waals surface area contributed by atoms with Crippen LogP contribution in [-0.4, -0.2) is 52.6 Å². The van der Waals surface area contributed by atoms with Crippen molar-refractivity contribution in [3.05, 3.63) is 24.3 Å². The van der Waals surface area contributed by atoms with Crippen LogP contribution < -0.4 is 14.9 Å². The predicted molar refractivity (Wildman–Crippen MR) is 111 cm³/mol. The second-order valence-corrected chi connectivity index (χ2v) is 9.98. The summed E-state index contributed by atoms with van der Waals surface area (Å²) in [5.41, 5.74) is 2.39. The van der Waals surface area contributed by atoms with Crippen LogP contribution in [0.5, 0.6) is 0 Å². The molecule has 3 rings (SSSR count). The largest absolute Gasteiger partial charge is 0.385 e. The van der Waals surface area contributed by atoms with E-state index in [9.17, 15) is 8.42 Å². The molecule has 152 valence electrons. The number of nitrogens with zero attached hydrogens (tertiary/aromatic N) is 1. The molecule has 1 aromatic rings. The maximum absolute atomic E-state index is 11.3. The van der Waals surface area contributed by atoms with Gasteiger partial charge in [-0.05, 0) is 69.7 Å². The van der Waals surface area contributed by atoms with Gasteiger partial charge in [-0.15, -0.1) is 0 Å². The molecule has 0 bridgehead atoms. The number of nitrogens with one attached hydrogen (secondary N) is 2. The van der Waals surface area contributed by atoms with Crippen LogP contribution in [0.4, 0.5) is 11.4 Å². The quantitative estimate of drug-likeness (QED) is 0.775. The van der Waals surface area contributed by atoms with Crippen molar-refractivity contribution in [1.82, 2.24) is 4.72 Å². The number of morpholine rings is 1. The highest BCUT2D eigenvalue weighted by atomic mass is 32.2. The van der Waals surface area contributed by atoms with Crippen LogP contribution in [0.1, 0.15) is 39.5 Å². The first-order valence-electron chi connectivity index (χ1n) is 10.00. The van der Waals surface area contributed by atoms with Gasteiger partial charge < -0.3 is 15.0 Å². The number of hydrogen-bond donors (Lipinski definition) is 2. The first kappa shape index (κ1) is 20.4. The lowest BCUT2D eigenvalue weighted by molar-refractivity contribution is -0.00521. The fraction of sp³-hybridized carbons (Fsp3) is 0.700. The SMILES string of the molecule is CC1CN(c2ccc(NCC3CCC(NS(C)(=O)=O)CC3)cc2)CC(C)O1. The van der Waals surface area contributed by atoms with Crippen molar-refractivity contribution in [2.45, 2.75) is 57.8 Å².